The van der Waals surface area contributed by atoms with Gasteiger partial charge in [0.1, 0.15) is 0 Å². The van der Waals surface area contributed by atoms with Crippen LogP contribution < -0.4 is 10.4 Å². The van der Waals surface area contributed by atoms with Gasteiger partial charge in [-0.2, -0.15) is 0 Å². The Balaban J connectivity index is 1.60. The van der Waals surface area contributed by atoms with Crippen molar-refractivity contribution in [3.8, 4) is 0 Å². The molecule has 1 fully saturated rings. The predicted octanol–water partition coefficient (Wildman–Crippen LogP) is 5.61. The SMILES string of the molecule is CC(C)(C)[Si](O[C@@H](CCOCc1ccccc1)C[C@@H]1CCC[C@H](CC(O)CO)O1)(c1ccccc1)c1ccccc1. The van der Waals surface area contributed by atoms with Crippen molar-refractivity contribution in [3.63, 3.8) is 0 Å². The van der Waals surface area contributed by atoms with Gasteiger partial charge in [-0.05, 0) is 53.1 Å². The van der Waals surface area contributed by atoms with Crippen LogP contribution in [0.2, 0.25) is 5.04 Å². The van der Waals surface area contributed by atoms with Gasteiger partial charge in [0, 0.05) is 13.0 Å². The third-order valence-electron chi connectivity index (χ3n) is 8.16. The average Bonchev–Trinajstić information content (AvgIpc) is 2.99. The maximum absolute atomic E-state index is 10.0. The minimum atomic E-state index is -2.75. The summed E-state index contributed by atoms with van der Waals surface area (Å²) >= 11 is 0. The smallest absolute Gasteiger partial charge is 0.261 e. The zero-order chi connectivity index (χ0) is 29.1. The van der Waals surface area contributed by atoms with E-state index in [1.165, 1.54) is 10.4 Å². The molecule has 4 atom stereocenters. The molecule has 0 radical (unpaired) electrons. The summed E-state index contributed by atoms with van der Waals surface area (Å²) in [4.78, 5) is 0. The summed E-state index contributed by atoms with van der Waals surface area (Å²) < 4.78 is 20.2. The predicted molar refractivity (Wildman–Crippen MR) is 168 cm³/mol. The highest BCUT2D eigenvalue weighted by atomic mass is 28.4. The maximum atomic E-state index is 10.0. The first kappa shape index (κ1) is 31.6. The van der Waals surface area contributed by atoms with Crippen molar-refractivity contribution >= 4 is 18.7 Å². The molecule has 2 N–H and O–H groups in total. The van der Waals surface area contributed by atoms with E-state index in [0.717, 1.165) is 37.7 Å². The first-order valence-electron chi connectivity index (χ1n) is 15.2. The van der Waals surface area contributed by atoms with Gasteiger partial charge in [-0.25, -0.2) is 0 Å². The second-order valence-corrected chi connectivity index (χ2v) is 16.6. The number of hydrogen-bond donors (Lipinski definition) is 2. The standard InChI is InChI=1S/C35H48O5Si/c1-35(2,3)41(33-18-9-5-10-19-33,34-20-11-6-12-21-34)40-32(22-23-38-27-28-14-7-4-8-15-28)25-31-17-13-16-30(39-31)24-29(37)26-36/h4-12,14-15,18-21,29-32,36-37H,13,16-17,22-27H2,1-3H3/t29?,30-,31+,32+/m1/s1. The molecule has 0 aliphatic carbocycles. The fourth-order valence-corrected chi connectivity index (χ4v) is 10.9. The number of rotatable bonds is 14. The molecule has 3 aromatic rings. The molecule has 6 heteroatoms. The van der Waals surface area contributed by atoms with Crippen molar-refractivity contribution in [2.75, 3.05) is 13.2 Å². The fourth-order valence-electron chi connectivity index (χ4n) is 6.14. The van der Waals surface area contributed by atoms with Crippen LogP contribution in [0.5, 0.6) is 0 Å². The molecule has 4 rings (SSSR count). The van der Waals surface area contributed by atoms with Gasteiger partial charge >= 0.3 is 0 Å². The van der Waals surface area contributed by atoms with Crippen molar-refractivity contribution in [1.82, 2.24) is 0 Å². The Morgan fingerprint density at radius 2 is 1.37 bits per heavy atom. The van der Waals surface area contributed by atoms with Crippen LogP contribution in [0.1, 0.15) is 64.9 Å². The van der Waals surface area contributed by atoms with Crippen LogP contribution in [-0.2, 0) is 20.5 Å². The zero-order valence-corrected chi connectivity index (χ0v) is 26.0. The number of hydrogen-bond acceptors (Lipinski definition) is 5. The summed E-state index contributed by atoms with van der Waals surface area (Å²) in [6.07, 6.45) is 4.11. The van der Waals surface area contributed by atoms with Crippen molar-refractivity contribution in [1.29, 1.82) is 0 Å². The van der Waals surface area contributed by atoms with E-state index in [0.29, 0.717) is 19.6 Å². The normalized spacial score (nSPS) is 19.5. The van der Waals surface area contributed by atoms with Crippen molar-refractivity contribution in [3.05, 3.63) is 96.6 Å². The van der Waals surface area contributed by atoms with E-state index in [9.17, 15) is 10.2 Å². The van der Waals surface area contributed by atoms with Crippen LogP contribution in [0.4, 0.5) is 0 Å². The number of aliphatic hydroxyl groups is 2. The van der Waals surface area contributed by atoms with Crippen LogP contribution in [0.25, 0.3) is 0 Å². The minimum absolute atomic E-state index is 0.0389. The Morgan fingerprint density at radius 1 is 0.829 bits per heavy atom. The molecule has 1 aliphatic heterocycles. The van der Waals surface area contributed by atoms with Gasteiger partial charge in [0.25, 0.3) is 8.32 Å². The lowest BCUT2D eigenvalue weighted by Gasteiger charge is -2.46. The summed E-state index contributed by atoms with van der Waals surface area (Å²) in [5, 5.41) is 21.8. The second kappa shape index (κ2) is 15.2. The molecule has 3 aromatic carbocycles. The first-order valence-corrected chi connectivity index (χ1v) is 17.1. The van der Waals surface area contributed by atoms with Crippen LogP contribution >= 0.6 is 0 Å². The highest BCUT2D eigenvalue weighted by Crippen LogP contribution is 2.39. The van der Waals surface area contributed by atoms with Gasteiger partial charge in [0.15, 0.2) is 0 Å². The molecule has 5 nitrogen and oxygen atoms in total. The molecule has 222 valence electrons. The molecule has 1 heterocycles. The van der Waals surface area contributed by atoms with Gasteiger partial charge in [-0.15, -0.1) is 0 Å². The fraction of sp³-hybridized carbons (Fsp3) is 0.486. The zero-order valence-electron chi connectivity index (χ0n) is 25.0. The molecule has 41 heavy (non-hydrogen) atoms. The third-order valence-corrected chi connectivity index (χ3v) is 13.3. The first-order chi connectivity index (χ1) is 19.8. The summed E-state index contributed by atoms with van der Waals surface area (Å²) in [6.45, 7) is 7.87. The topological polar surface area (TPSA) is 68.2 Å². The van der Waals surface area contributed by atoms with Gasteiger partial charge in [0.2, 0.25) is 0 Å². The Bertz CT molecular complexity index is 1100. The quantitative estimate of drug-likeness (QED) is 0.193. The van der Waals surface area contributed by atoms with E-state index < -0.39 is 14.4 Å². The molecular weight excluding hydrogens is 528 g/mol. The summed E-state index contributed by atoms with van der Waals surface area (Å²) in [7, 11) is -2.75. The Hall–Kier alpha value is -2.32. The maximum Gasteiger partial charge on any atom is 0.261 e. The number of ether oxygens (including phenoxy) is 2. The van der Waals surface area contributed by atoms with Crippen LogP contribution in [0.3, 0.4) is 0 Å². The molecule has 0 amide bonds. The average molecular weight is 577 g/mol. The highest BCUT2D eigenvalue weighted by molar-refractivity contribution is 6.99. The van der Waals surface area contributed by atoms with E-state index in [4.69, 9.17) is 13.9 Å². The molecule has 0 spiro atoms. The molecule has 1 unspecified atom stereocenters. The van der Waals surface area contributed by atoms with Crippen LogP contribution in [0.15, 0.2) is 91.0 Å². The minimum Gasteiger partial charge on any atom is -0.404 e. The van der Waals surface area contributed by atoms with Gasteiger partial charge in [-0.3, -0.25) is 0 Å². The van der Waals surface area contributed by atoms with Crippen LogP contribution in [-0.4, -0.2) is 56.2 Å². The van der Waals surface area contributed by atoms with E-state index in [-0.39, 0.29) is 30.0 Å². The van der Waals surface area contributed by atoms with Crippen LogP contribution in [0, 0.1) is 0 Å². The largest absolute Gasteiger partial charge is 0.404 e. The Kier molecular flexibility index (Phi) is 11.7. The lowest BCUT2D eigenvalue weighted by atomic mass is 9.96. The molecule has 0 saturated carbocycles. The lowest BCUT2D eigenvalue weighted by Crippen LogP contribution is -2.68. The summed E-state index contributed by atoms with van der Waals surface area (Å²) in [6, 6.07) is 31.8. The lowest BCUT2D eigenvalue weighted by molar-refractivity contribution is -0.0880. The molecule has 1 aliphatic rings. The second-order valence-electron chi connectivity index (χ2n) is 12.3. The number of aliphatic hydroxyl groups excluding tert-OH is 2. The van der Waals surface area contributed by atoms with Crippen molar-refractivity contribution in [2.45, 2.75) is 95.4 Å². The van der Waals surface area contributed by atoms with E-state index >= 15 is 0 Å². The molecule has 1 saturated heterocycles. The third kappa shape index (κ3) is 8.60. The van der Waals surface area contributed by atoms with E-state index in [2.05, 4.69) is 93.6 Å². The molecule has 0 bridgehead atoms. The van der Waals surface area contributed by atoms with Gasteiger partial charge in [0.05, 0.1) is 37.6 Å². The van der Waals surface area contributed by atoms with Crippen molar-refractivity contribution in [2.24, 2.45) is 0 Å². The van der Waals surface area contributed by atoms with Gasteiger partial charge < -0.3 is 24.1 Å². The van der Waals surface area contributed by atoms with E-state index in [1.807, 2.05) is 18.2 Å². The molecule has 0 aromatic heterocycles. The van der Waals surface area contributed by atoms with Gasteiger partial charge in [-0.1, -0.05) is 112 Å². The Morgan fingerprint density at radius 3 is 1.90 bits per heavy atom. The van der Waals surface area contributed by atoms with E-state index in [1.54, 1.807) is 0 Å². The number of benzene rings is 3. The Labute approximate surface area is 247 Å². The highest BCUT2D eigenvalue weighted by Gasteiger charge is 2.51. The molecular formula is C35H48O5Si. The van der Waals surface area contributed by atoms with Crippen molar-refractivity contribution < 1.29 is 24.1 Å². The summed E-state index contributed by atoms with van der Waals surface area (Å²) in [5.41, 5.74) is 1.16. The summed E-state index contributed by atoms with van der Waals surface area (Å²) in [5.74, 6) is 0. The monoisotopic (exact) mass is 576 g/mol.